The Labute approximate surface area is 128 Å². The standard InChI is InChI=1S/C15H21BrN2O2/c16-13-4-3-5-14(12-13)20-11-8-17-7-6-15(19)18-9-1-2-10-18/h3-5,12,17H,1-2,6-11H2. The number of hydrogen-bond acceptors (Lipinski definition) is 3. The van der Waals surface area contributed by atoms with Gasteiger partial charge in [-0.2, -0.15) is 0 Å². The van der Waals surface area contributed by atoms with Crippen molar-refractivity contribution >= 4 is 21.8 Å². The lowest BCUT2D eigenvalue weighted by molar-refractivity contribution is -0.130. The number of nitrogens with one attached hydrogen (secondary N) is 1. The number of nitrogens with zero attached hydrogens (tertiary/aromatic N) is 1. The van der Waals surface area contributed by atoms with Gasteiger partial charge in [0, 0.05) is 37.1 Å². The van der Waals surface area contributed by atoms with Gasteiger partial charge in [-0.3, -0.25) is 4.79 Å². The van der Waals surface area contributed by atoms with Crippen LogP contribution in [0.15, 0.2) is 28.7 Å². The van der Waals surface area contributed by atoms with Crippen molar-refractivity contribution in [2.75, 3.05) is 32.8 Å². The number of carbonyl (C=O) groups is 1. The normalized spacial score (nSPS) is 14.6. The van der Waals surface area contributed by atoms with E-state index in [9.17, 15) is 4.79 Å². The molecule has 5 heteroatoms. The van der Waals surface area contributed by atoms with E-state index in [4.69, 9.17) is 4.74 Å². The van der Waals surface area contributed by atoms with Crippen molar-refractivity contribution in [1.82, 2.24) is 10.2 Å². The molecule has 20 heavy (non-hydrogen) atoms. The van der Waals surface area contributed by atoms with Gasteiger partial charge in [0.1, 0.15) is 12.4 Å². The fourth-order valence-electron chi connectivity index (χ4n) is 2.24. The Kier molecular flexibility index (Phi) is 6.33. The van der Waals surface area contributed by atoms with Crippen LogP contribution in [0.2, 0.25) is 0 Å². The van der Waals surface area contributed by atoms with Crippen molar-refractivity contribution in [2.45, 2.75) is 19.3 Å². The Balaban J connectivity index is 1.52. The predicted octanol–water partition coefficient (Wildman–Crippen LogP) is 2.43. The molecule has 4 nitrogen and oxygen atoms in total. The fraction of sp³-hybridized carbons (Fsp3) is 0.533. The van der Waals surface area contributed by atoms with Gasteiger partial charge in [0.25, 0.3) is 0 Å². The van der Waals surface area contributed by atoms with Gasteiger partial charge in [-0.05, 0) is 31.0 Å². The van der Waals surface area contributed by atoms with Crippen molar-refractivity contribution in [3.63, 3.8) is 0 Å². The first-order valence-electron chi connectivity index (χ1n) is 7.12. The molecule has 0 saturated carbocycles. The van der Waals surface area contributed by atoms with Gasteiger partial charge >= 0.3 is 0 Å². The molecule has 0 aromatic heterocycles. The van der Waals surface area contributed by atoms with Crippen molar-refractivity contribution in [3.05, 3.63) is 28.7 Å². The molecule has 0 unspecified atom stereocenters. The molecule has 1 fully saturated rings. The minimum absolute atomic E-state index is 0.267. The topological polar surface area (TPSA) is 41.6 Å². The minimum Gasteiger partial charge on any atom is -0.492 e. The highest BCUT2D eigenvalue weighted by Gasteiger charge is 2.16. The molecule has 1 heterocycles. The number of halogens is 1. The van der Waals surface area contributed by atoms with E-state index in [0.29, 0.717) is 13.0 Å². The molecule has 0 radical (unpaired) electrons. The van der Waals surface area contributed by atoms with Crippen LogP contribution in [-0.4, -0.2) is 43.6 Å². The summed E-state index contributed by atoms with van der Waals surface area (Å²) in [7, 11) is 0. The van der Waals surface area contributed by atoms with Gasteiger partial charge in [0.05, 0.1) is 0 Å². The van der Waals surface area contributed by atoms with E-state index >= 15 is 0 Å². The van der Waals surface area contributed by atoms with E-state index in [1.54, 1.807) is 0 Å². The van der Waals surface area contributed by atoms with Crippen LogP contribution >= 0.6 is 15.9 Å². The number of likely N-dealkylation sites (tertiary alicyclic amines) is 1. The average Bonchev–Trinajstić information content (AvgIpc) is 2.96. The maximum atomic E-state index is 11.8. The van der Waals surface area contributed by atoms with Crippen molar-refractivity contribution in [2.24, 2.45) is 0 Å². The minimum atomic E-state index is 0.267. The number of hydrogen-bond donors (Lipinski definition) is 1. The van der Waals surface area contributed by atoms with Gasteiger partial charge in [-0.15, -0.1) is 0 Å². The Morgan fingerprint density at radius 2 is 2.10 bits per heavy atom. The quantitative estimate of drug-likeness (QED) is 0.775. The summed E-state index contributed by atoms with van der Waals surface area (Å²) in [6.07, 6.45) is 2.89. The van der Waals surface area contributed by atoms with E-state index in [0.717, 1.165) is 49.2 Å². The molecular weight excluding hydrogens is 320 g/mol. The molecule has 0 spiro atoms. The lowest BCUT2D eigenvalue weighted by Crippen LogP contribution is -2.31. The van der Waals surface area contributed by atoms with E-state index in [-0.39, 0.29) is 5.91 Å². The molecule has 1 N–H and O–H groups in total. The zero-order valence-corrected chi connectivity index (χ0v) is 13.2. The van der Waals surface area contributed by atoms with Gasteiger partial charge < -0.3 is 15.0 Å². The maximum Gasteiger partial charge on any atom is 0.223 e. The molecule has 0 bridgehead atoms. The Hall–Kier alpha value is -1.07. The van der Waals surface area contributed by atoms with Crippen LogP contribution in [0.4, 0.5) is 0 Å². The van der Waals surface area contributed by atoms with Gasteiger partial charge in [0.15, 0.2) is 0 Å². The lowest BCUT2D eigenvalue weighted by atomic mass is 10.3. The third-order valence-electron chi connectivity index (χ3n) is 3.32. The zero-order chi connectivity index (χ0) is 14.2. The number of ether oxygens (including phenoxy) is 1. The van der Waals surface area contributed by atoms with Crippen LogP contribution in [0.5, 0.6) is 5.75 Å². The summed E-state index contributed by atoms with van der Waals surface area (Å²) in [5.74, 6) is 1.12. The fourth-order valence-corrected chi connectivity index (χ4v) is 2.62. The molecule has 2 rings (SSSR count). The summed E-state index contributed by atoms with van der Waals surface area (Å²) in [5.41, 5.74) is 0. The summed E-state index contributed by atoms with van der Waals surface area (Å²) in [5, 5.41) is 3.24. The second kappa shape index (κ2) is 8.27. The predicted molar refractivity (Wildman–Crippen MR) is 82.9 cm³/mol. The van der Waals surface area contributed by atoms with Crippen LogP contribution in [-0.2, 0) is 4.79 Å². The number of rotatable bonds is 7. The third kappa shape index (κ3) is 5.13. The van der Waals surface area contributed by atoms with Crippen LogP contribution in [0.25, 0.3) is 0 Å². The van der Waals surface area contributed by atoms with Gasteiger partial charge in [-0.25, -0.2) is 0 Å². The first-order valence-corrected chi connectivity index (χ1v) is 7.92. The van der Waals surface area contributed by atoms with E-state index in [2.05, 4.69) is 21.2 Å². The largest absolute Gasteiger partial charge is 0.492 e. The molecule has 1 saturated heterocycles. The highest BCUT2D eigenvalue weighted by atomic mass is 79.9. The number of benzene rings is 1. The lowest BCUT2D eigenvalue weighted by Gasteiger charge is -2.15. The van der Waals surface area contributed by atoms with E-state index in [1.165, 1.54) is 0 Å². The van der Waals surface area contributed by atoms with Crippen LogP contribution in [0, 0.1) is 0 Å². The van der Waals surface area contributed by atoms with Gasteiger partial charge in [-0.1, -0.05) is 22.0 Å². The summed E-state index contributed by atoms with van der Waals surface area (Å²) < 4.78 is 6.62. The second-order valence-electron chi connectivity index (χ2n) is 4.89. The molecule has 0 atom stereocenters. The maximum absolute atomic E-state index is 11.8. The molecular formula is C15H21BrN2O2. The van der Waals surface area contributed by atoms with Crippen LogP contribution in [0.1, 0.15) is 19.3 Å². The summed E-state index contributed by atoms with van der Waals surface area (Å²) in [4.78, 5) is 13.7. The Morgan fingerprint density at radius 1 is 1.30 bits per heavy atom. The summed E-state index contributed by atoms with van der Waals surface area (Å²) >= 11 is 3.41. The van der Waals surface area contributed by atoms with Crippen molar-refractivity contribution in [1.29, 1.82) is 0 Å². The summed E-state index contributed by atoms with van der Waals surface area (Å²) in [6.45, 7) is 3.95. The monoisotopic (exact) mass is 340 g/mol. The Bertz CT molecular complexity index is 434. The zero-order valence-electron chi connectivity index (χ0n) is 11.6. The molecule has 1 aliphatic rings. The molecule has 1 aliphatic heterocycles. The second-order valence-corrected chi connectivity index (χ2v) is 5.81. The first-order chi connectivity index (χ1) is 9.75. The smallest absolute Gasteiger partial charge is 0.223 e. The molecule has 1 amide bonds. The molecule has 110 valence electrons. The Morgan fingerprint density at radius 3 is 2.85 bits per heavy atom. The SMILES string of the molecule is O=C(CCNCCOc1cccc(Br)c1)N1CCCC1. The molecule has 1 aromatic rings. The van der Waals surface area contributed by atoms with Crippen LogP contribution in [0.3, 0.4) is 0 Å². The van der Waals surface area contributed by atoms with Crippen molar-refractivity contribution < 1.29 is 9.53 Å². The van der Waals surface area contributed by atoms with Gasteiger partial charge in [0.2, 0.25) is 5.91 Å². The summed E-state index contributed by atoms with van der Waals surface area (Å²) in [6, 6.07) is 7.79. The van der Waals surface area contributed by atoms with Crippen molar-refractivity contribution in [3.8, 4) is 5.75 Å². The van der Waals surface area contributed by atoms with Crippen LogP contribution < -0.4 is 10.1 Å². The average molecular weight is 341 g/mol. The number of carbonyl (C=O) groups excluding carboxylic acids is 1. The molecule has 0 aliphatic carbocycles. The van der Waals surface area contributed by atoms with E-state index < -0.39 is 0 Å². The number of amides is 1. The highest BCUT2D eigenvalue weighted by Crippen LogP contribution is 2.17. The first kappa shape index (κ1) is 15.3. The third-order valence-corrected chi connectivity index (χ3v) is 3.81. The highest BCUT2D eigenvalue weighted by molar-refractivity contribution is 9.10. The molecule has 1 aromatic carbocycles. The van der Waals surface area contributed by atoms with E-state index in [1.807, 2.05) is 29.2 Å².